The molecule has 0 saturated carbocycles. The van der Waals surface area contributed by atoms with E-state index in [0.29, 0.717) is 6.61 Å². The highest BCUT2D eigenvalue weighted by Crippen LogP contribution is 2.34. The van der Waals surface area contributed by atoms with Crippen molar-refractivity contribution in [3.05, 3.63) is 34.9 Å². The molecule has 0 bridgehead atoms. The van der Waals surface area contributed by atoms with Gasteiger partial charge in [0, 0.05) is 5.57 Å². The van der Waals surface area contributed by atoms with E-state index >= 15 is 0 Å². The van der Waals surface area contributed by atoms with Gasteiger partial charge in [0.25, 0.3) is 0 Å². The third-order valence-corrected chi connectivity index (χ3v) is 2.75. The first-order chi connectivity index (χ1) is 9.56. The number of nitrogens with zero attached hydrogens (tertiary/aromatic N) is 1. The zero-order valence-electron chi connectivity index (χ0n) is 10.8. The smallest absolute Gasteiger partial charge is 0.199 e. The molecule has 1 aliphatic rings. The quantitative estimate of drug-likeness (QED) is 0.378. The molecule has 0 atom stereocenters. The van der Waals surface area contributed by atoms with Crippen LogP contribution in [0.15, 0.2) is 28.9 Å². The van der Waals surface area contributed by atoms with Gasteiger partial charge in [-0.1, -0.05) is 12.1 Å². The van der Waals surface area contributed by atoms with Gasteiger partial charge in [0.1, 0.15) is 18.1 Å². The number of hydrogen-bond acceptors (Lipinski definition) is 6. The Morgan fingerprint density at radius 2 is 1.85 bits per heavy atom. The fourth-order valence-corrected chi connectivity index (χ4v) is 1.82. The number of carbonyl (C=O) groups excluding carboxylic acids is 2. The Kier molecular flexibility index (Phi) is 3.84. The summed E-state index contributed by atoms with van der Waals surface area (Å²) >= 11 is 0. The molecule has 6 nitrogen and oxygen atoms in total. The van der Waals surface area contributed by atoms with E-state index in [1.807, 2.05) is 6.92 Å². The molecule has 0 aromatic heterocycles. The van der Waals surface area contributed by atoms with Crippen molar-refractivity contribution in [3.8, 4) is 11.5 Å². The third-order valence-electron chi connectivity index (χ3n) is 2.75. The Labute approximate surface area is 115 Å². The number of rotatable bonds is 4. The normalized spacial score (nSPS) is 14.3. The van der Waals surface area contributed by atoms with Gasteiger partial charge in [-0.3, -0.25) is 9.59 Å². The monoisotopic (exact) mass is 275 g/mol. The highest BCUT2D eigenvalue weighted by molar-refractivity contribution is 6.33. The van der Waals surface area contributed by atoms with Crippen molar-refractivity contribution in [2.45, 2.75) is 13.3 Å². The van der Waals surface area contributed by atoms with Crippen LogP contribution in [-0.4, -0.2) is 34.6 Å². The summed E-state index contributed by atoms with van der Waals surface area (Å²) in [4.78, 5) is 28.9. The number of aromatic hydroxyl groups is 2. The number of allylic oxidation sites excluding steroid dienone is 2. The van der Waals surface area contributed by atoms with Crippen molar-refractivity contribution in [1.29, 1.82) is 0 Å². The molecule has 0 saturated heterocycles. The van der Waals surface area contributed by atoms with Crippen molar-refractivity contribution in [1.82, 2.24) is 0 Å². The minimum Gasteiger partial charge on any atom is -0.507 e. The lowest BCUT2D eigenvalue weighted by atomic mass is 9.88. The molecule has 0 fully saturated rings. The fourth-order valence-electron chi connectivity index (χ4n) is 1.82. The minimum atomic E-state index is -0.586. The van der Waals surface area contributed by atoms with Gasteiger partial charge in [-0.25, -0.2) is 0 Å². The maximum absolute atomic E-state index is 12.2. The van der Waals surface area contributed by atoms with E-state index in [4.69, 9.17) is 4.84 Å². The zero-order chi connectivity index (χ0) is 14.7. The molecule has 0 aliphatic heterocycles. The lowest BCUT2D eigenvalue weighted by molar-refractivity contribution is 0.0983. The van der Waals surface area contributed by atoms with Gasteiger partial charge in [-0.15, -0.1) is 0 Å². The summed E-state index contributed by atoms with van der Waals surface area (Å²) in [5.74, 6) is -1.85. The first-order valence-electron chi connectivity index (χ1n) is 6.07. The van der Waals surface area contributed by atoms with Crippen molar-refractivity contribution in [2.24, 2.45) is 5.16 Å². The van der Waals surface area contributed by atoms with E-state index in [1.165, 1.54) is 0 Å². The van der Waals surface area contributed by atoms with E-state index < -0.39 is 11.6 Å². The summed E-state index contributed by atoms with van der Waals surface area (Å²) < 4.78 is 0. The van der Waals surface area contributed by atoms with Crippen LogP contribution in [0, 0.1) is 0 Å². The second-order valence-corrected chi connectivity index (χ2v) is 4.21. The van der Waals surface area contributed by atoms with Gasteiger partial charge in [0.05, 0.1) is 17.3 Å². The molecule has 0 amide bonds. The van der Waals surface area contributed by atoms with Gasteiger partial charge in [0.2, 0.25) is 0 Å². The van der Waals surface area contributed by atoms with E-state index in [-0.39, 0.29) is 28.2 Å². The van der Waals surface area contributed by atoms with Crippen molar-refractivity contribution >= 4 is 17.8 Å². The topological polar surface area (TPSA) is 96.2 Å². The zero-order valence-corrected chi connectivity index (χ0v) is 10.8. The number of ketones is 2. The number of Topliss-reactive ketones (excluding diaryl/α,β-unsaturated/α-hetero) is 1. The highest BCUT2D eigenvalue weighted by atomic mass is 16.6. The first-order valence-corrected chi connectivity index (χ1v) is 6.07. The minimum absolute atomic E-state index is 0.000460. The number of oxime groups is 1. The highest BCUT2D eigenvalue weighted by Gasteiger charge is 2.30. The summed E-state index contributed by atoms with van der Waals surface area (Å²) in [7, 11) is 0. The Balaban J connectivity index is 2.38. The van der Waals surface area contributed by atoms with Crippen LogP contribution in [-0.2, 0) is 4.84 Å². The molecule has 2 N–H and O–H groups in total. The average molecular weight is 275 g/mol. The van der Waals surface area contributed by atoms with Gasteiger partial charge in [0.15, 0.2) is 11.6 Å². The Morgan fingerprint density at radius 1 is 1.20 bits per heavy atom. The summed E-state index contributed by atoms with van der Waals surface area (Å²) in [6, 6.07) is 2.32. The molecule has 0 unspecified atom stereocenters. The van der Waals surface area contributed by atoms with Crippen LogP contribution in [0.5, 0.6) is 11.5 Å². The van der Waals surface area contributed by atoms with E-state index in [9.17, 15) is 19.8 Å². The second kappa shape index (κ2) is 5.56. The van der Waals surface area contributed by atoms with Crippen molar-refractivity contribution in [3.63, 3.8) is 0 Å². The molecule has 0 spiro atoms. The second-order valence-electron chi connectivity index (χ2n) is 4.21. The predicted molar refractivity (Wildman–Crippen MR) is 71.3 cm³/mol. The maximum atomic E-state index is 12.2. The molecule has 0 radical (unpaired) electrons. The van der Waals surface area contributed by atoms with Crippen LogP contribution >= 0.6 is 0 Å². The molecular formula is C14H13NO5. The molecule has 1 aromatic carbocycles. The number of benzene rings is 1. The summed E-state index contributed by atoms with van der Waals surface area (Å²) in [6.45, 7) is 2.30. The lowest BCUT2D eigenvalue weighted by Gasteiger charge is -2.14. The van der Waals surface area contributed by atoms with Crippen LogP contribution in [0.3, 0.4) is 0 Å². The molecule has 104 valence electrons. The molecule has 0 heterocycles. The number of fused-ring (bicyclic) bond motifs is 1. The molecule has 1 aliphatic carbocycles. The fraction of sp³-hybridized carbons (Fsp3) is 0.214. The third kappa shape index (κ3) is 2.40. The molecule has 1 aromatic rings. The van der Waals surface area contributed by atoms with Crippen LogP contribution < -0.4 is 0 Å². The Morgan fingerprint density at radius 3 is 2.50 bits per heavy atom. The van der Waals surface area contributed by atoms with Gasteiger partial charge in [-0.05, 0) is 24.6 Å². The van der Waals surface area contributed by atoms with Gasteiger partial charge < -0.3 is 15.1 Å². The van der Waals surface area contributed by atoms with E-state index in [2.05, 4.69) is 5.16 Å². The summed E-state index contributed by atoms with van der Waals surface area (Å²) in [5, 5.41) is 22.9. The van der Waals surface area contributed by atoms with Crippen LogP contribution in [0.1, 0.15) is 34.1 Å². The van der Waals surface area contributed by atoms with Crippen LogP contribution in [0.2, 0.25) is 0 Å². The predicted octanol–water partition coefficient (Wildman–Crippen LogP) is 1.82. The summed E-state index contributed by atoms with van der Waals surface area (Å²) in [5.41, 5.74) is -0.407. The number of carbonyl (C=O) groups is 2. The largest absolute Gasteiger partial charge is 0.507 e. The van der Waals surface area contributed by atoms with Gasteiger partial charge in [-0.2, -0.15) is 0 Å². The molecular weight excluding hydrogens is 262 g/mol. The van der Waals surface area contributed by atoms with E-state index in [0.717, 1.165) is 30.8 Å². The van der Waals surface area contributed by atoms with Crippen molar-refractivity contribution in [2.75, 3.05) is 6.61 Å². The number of phenolic OH excluding ortho intramolecular Hbond substituents is 2. The van der Waals surface area contributed by atoms with Crippen LogP contribution in [0.4, 0.5) is 0 Å². The Bertz CT molecular complexity index is 631. The summed E-state index contributed by atoms with van der Waals surface area (Å²) in [6.07, 6.45) is 2.95. The van der Waals surface area contributed by atoms with Crippen molar-refractivity contribution < 1.29 is 24.6 Å². The SMILES string of the molecule is CCCO/N=C/C1=CC(=O)c2c(O)ccc(O)c2C1=O. The standard InChI is InChI=1S/C14H13NO5/c1-2-5-20-15-7-8-6-11(18)12-9(16)3-4-10(17)13(12)14(8)19/h3-4,6-7,16-17H,2,5H2,1H3/b15-7+. The molecule has 6 heteroatoms. The number of phenols is 2. The maximum Gasteiger partial charge on any atom is 0.199 e. The molecule has 20 heavy (non-hydrogen) atoms. The Hall–Kier alpha value is -2.63. The average Bonchev–Trinajstić information content (AvgIpc) is 2.42. The first kappa shape index (κ1) is 13.8. The van der Waals surface area contributed by atoms with Crippen LogP contribution in [0.25, 0.3) is 0 Å². The lowest BCUT2D eigenvalue weighted by Crippen LogP contribution is -2.18. The van der Waals surface area contributed by atoms with Gasteiger partial charge >= 0.3 is 0 Å². The van der Waals surface area contributed by atoms with E-state index in [1.54, 1.807) is 0 Å². The number of hydrogen-bond donors (Lipinski definition) is 2. The molecule has 2 rings (SSSR count).